The highest BCUT2D eigenvalue weighted by Gasteiger charge is 2.10. The van der Waals surface area contributed by atoms with E-state index in [1.165, 1.54) is 12.1 Å². The maximum absolute atomic E-state index is 13.2. The standard InChI is InChI=1S/C13H9FO3/c14-10-6-7-12(17-13(15)16)11(8-10)9-4-2-1-3-5-9/h1-8H,(H,15,16). The minimum absolute atomic E-state index is 0.116. The second kappa shape index (κ2) is 4.65. The van der Waals surface area contributed by atoms with Crippen LogP contribution in [0.3, 0.4) is 0 Å². The Labute approximate surface area is 97.1 Å². The van der Waals surface area contributed by atoms with Crippen molar-refractivity contribution >= 4 is 6.16 Å². The van der Waals surface area contributed by atoms with E-state index in [0.29, 0.717) is 11.1 Å². The van der Waals surface area contributed by atoms with Crippen LogP contribution < -0.4 is 4.74 Å². The van der Waals surface area contributed by atoms with E-state index in [1.807, 2.05) is 6.07 Å². The fourth-order valence-corrected chi connectivity index (χ4v) is 1.53. The Bertz CT molecular complexity index is 538. The molecular formula is C13H9FO3. The van der Waals surface area contributed by atoms with E-state index < -0.39 is 12.0 Å². The Morgan fingerprint density at radius 2 is 1.82 bits per heavy atom. The molecule has 0 saturated carbocycles. The molecule has 2 aromatic rings. The summed E-state index contributed by atoms with van der Waals surface area (Å²) >= 11 is 0. The molecule has 0 unspecified atom stereocenters. The van der Waals surface area contributed by atoms with Crippen LogP contribution in [-0.2, 0) is 0 Å². The number of benzene rings is 2. The van der Waals surface area contributed by atoms with Crippen molar-refractivity contribution in [3.63, 3.8) is 0 Å². The Kier molecular flexibility index (Phi) is 3.05. The average Bonchev–Trinajstić information content (AvgIpc) is 2.32. The molecule has 2 rings (SSSR count). The zero-order chi connectivity index (χ0) is 12.3. The molecule has 86 valence electrons. The lowest BCUT2D eigenvalue weighted by atomic mass is 10.0. The maximum Gasteiger partial charge on any atom is 0.511 e. The van der Waals surface area contributed by atoms with Gasteiger partial charge in [0.25, 0.3) is 0 Å². The average molecular weight is 232 g/mol. The van der Waals surface area contributed by atoms with Crippen molar-refractivity contribution in [2.75, 3.05) is 0 Å². The summed E-state index contributed by atoms with van der Waals surface area (Å²) in [5, 5.41) is 8.59. The van der Waals surface area contributed by atoms with Gasteiger partial charge in [-0.1, -0.05) is 30.3 Å². The van der Waals surface area contributed by atoms with Gasteiger partial charge in [0.15, 0.2) is 0 Å². The van der Waals surface area contributed by atoms with Crippen molar-refractivity contribution in [1.82, 2.24) is 0 Å². The minimum Gasteiger partial charge on any atom is -0.449 e. The first-order chi connectivity index (χ1) is 8.16. The van der Waals surface area contributed by atoms with Crippen molar-refractivity contribution in [3.05, 3.63) is 54.3 Å². The third kappa shape index (κ3) is 2.60. The van der Waals surface area contributed by atoms with Crippen molar-refractivity contribution in [1.29, 1.82) is 0 Å². The zero-order valence-electron chi connectivity index (χ0n) is 8.76. The van der Waals surface area contributed by atoms with Gasteiger partial charge in [0, 0.05) is 5.56 Å². The highest BCUT2D eigenvalue weighted by molar-refractivity contribution is 5.74. The first-order valence-corrected chi connectivity index (χ1v) is 4.92. The van der Waals surface area contributed by atoms with Crippen LogP contribution >= 0.6 is 0 Å². The Balaban J connectivity index is 2.51. The normalized spacial score (nSPS) is 9.94. The molecule has 1 N–H and O–H groups in total. The fraction of sp³-hybridized carbons (Fsp3) is 0. The maximum atomic E-state index is 13.2. The third-order valence-electron chi connectivity index (χ3n) is 2.22. The van der Waals surface area contributed by atoms with Gasteiger partial charge in [-0.05, 0) is 23.8 Å². The van der Waals surface area contributed by atoms with E-state index in [2.05, 4.69) is 4.74 Å². The van der Waals surface area contributed by atoms with Gasteiger partial charge in [-0.15, -0.1) is 0 Å². The Morgan fingerprint density at radius 1 is 1.12 bits per heavy atom. The summed E-state index contributed by atoms with van der Waals surface area (Å²) in [5.41, 5.74) is 1.11. The molecule has 0 aliphatic heterocycles. The number of hydrogen-bond donors (Lipinski definition) is 1. The molecule has 0 aromatic heterocycles. The number of carboxylic acid groups (broad SMARTS) is 1. The molecule has 4 heteroatoms. The summed E-state index contributed by atoms with van der Waals surface area (Å²) in [6.07, 6.45) is -1.42. The van der Waals surface area contributed by atoms with Gasteiger partial charge < -0.3 is 9.84 Å². The molecular weight excluding hydrogens is 223 g/mol. The number of rotatable bonds is 2. The molecule has 0 fully saturated rings. The van der Waals surface area contributed by atoms with Gasteiger partial charge in [0.05, 0.1) is 0 Å². The van der Waals surface area contributed by atoms with Gasteiger partial charge in [0.2, 0.25) is 0 Å². The Morgan fingerprint density at radius 3 is 2.47 bits per heavy atom. The largest absolute Gasteiger partial charge is 0.511 e. The number of carbonyl (C=O) groups is 1. The second-order valence-corrected chi connectivity index (χ2v) is 3.37. The van der Waals surface area contributed by atoms with Crippen molar-refractivity contribution in [2.45, 2.75) is 0 Å². The smallest absolute Gasteiger partial charge is 0.449 e. The third-order valence-corrected chi connectivity index (χ3v) is 2.22. The molecule has 17 heavy (non-hydrogen) atoms. The summed E-state index contributed by atoms with van der Waals surface area (Å²) in [5.74, 6) is -0.327. The van der Waals surface area contributed by atoms with E-state index in [4.69, 9.17) is 5.11 Å². The van der Waals surface area contributed by atoms with Crippen LogP contribution in [0.5, 0.6) is 5.75 Å². The first kappa shape index (κ1) is 11.1. The second-order valence-electron chi connectivity index (χ2n) is 3.37. The van der Waals surface area contributed by atoms with Crippen LogP contribution in [0.1, 0.15) is 0 Å². The topological polar surface area (TPSA) is 46.5 Å². The van der Waals surface area contributed by atoms with E-state index >= 15 is 0 Å². The number of hydrogen-bond acceptors (Lipinski definition) is 2. The van der Waals surface area contributed by atoms with E-state index in [9.17, 15) is 9.18 Å². The molecule has 0 radical (unpaired) electrons. The predicted molar refractivity (Wildman–Crippen MR) is 60.5 cm³/mol. The lowest BCUT2D eigenvalue weighted by molar-refractivity contribution is 0.144. The minimum atomic E-state index is -1.42. The molecule has 2 aromatic carbocycles. The van der Waals surface area contributed by atoms with Crippen molar-refractivity contribution < 1.29 is 19.0 Å². The van der Waals surface area contributed by atoms with Gasteiger partial charge in [0.1, 0.15) is 11.6 Å². The molecule has 0 aliphatic carbocycles. The zero-order valence-corrected chi connectivity index (χ0v) is 8.76. The summed E-state index contributed by atoms with van der Waals surface area (Å²) < 4.78 is 17.8. The lowest BCUT2D eigenvalue weighted by Crippen LogP contribution is -2.04. The highest BCUT2D eigenvalue weighted by atomic mass is 19.1. The van der Waals surface area contributed by atoms with Crippen LogP contribution in [0.2, 0.25) is 0 Å². The van der Waals surface area contributed by atoms with Crippen LogP contribution in [0.15, 0.2) is 48.5 Å². The summed E-state index contributed by atoms with van der Waals surface area (Å²) in [7, 11) is 0. The molecule has 0 atom stereocenters. The fourth-order valence-electron chi connectivity index (χ4n) is 1.53. The number of halogens is 1. The van der Waals surface area contributed by atoms with Crippen LogP contribution in [0.4, 0.5) is 9.18 Å². The van der Waals surface area contributed by atoms with Crippen molar-refractivity contribution in [3.8, 4) is 16.9 Å². The van der Waals surface area contributed by atoms with E-state index in [-0.39, 0.29) is 5.75 Å². The molecule has 0 amide bonds. The quantitative estimate of drug-likeness (QED) is 0.636. The van der Waals surface area contributed by atoms with E-state index in [1.54, 1.807) is 24.3 Å². The SMILES string of the molecule is O=C(O)Oc1ccc(F)cc1-c1ccccc1. The Hall–Kier alpha value is -2.36. The lowest BCUT2D eigenvalue weighted by Gasteiger charge is -2.08. The van der Waals surface area contributed by atoms with Gasteiger partial charge in [-0.2, -0.15) is 0 Å². The van der Waals surface area contributed by atoms with Crippen LogP contribution in [-0.4, -0.2) is 11.3 Å². The van der Waals surface area contributed by atoms with Crippen molar-refractivity contribution in [2.24, 2.45) is 0 Å². The summed E-state index contributed by atoms with van der Waals surface area (Å²) in [6, 6.07) is 12.6. The summed E-state index contributed by atoms with van der Waals surface area (Å²) in [4.78, 5) is 10.5. The predicted octanol–water partition coefficient (Wildman–Crippen LogP) is 3.55. The monoisotopic (exact) mass is 232 g/mol. The van der Waals surface area contributed by atoms with Gasteiger partial charge in [-0.3, -0.25) is 0 Å². The van der Waals surface area contributed by atoms with Crippen LogP contribution in [0.25, 0.3) is 11.1 Å². The highest BCUT2D eigenvalue weighted by Crippen LogP contribution is 2.30. The van der Waals surface area contributed by atoms with Gasteiger partial charge >= 0.3 is 6.16 Å². The van der Waals surface area contributed by atoms with E-state index in [0.717, 1.165) is 6.07 Å². The molecule has 0 aliphatic rings. The first-order valence-electron chi connectivity index (χ1n) is 4.92. The molecule has 0 heterocycles. The summed E-state index contributed by atoms with van der Waals surface area (Å²) in [6.45, 7) is 0. The molecule has 0 spiro atoms. The molecule has 3 nitrogen and oxygen atoms in total. The van der Waals surface area contributed by atoms with Crippen LogP contribution in [0, 0.1) is 5.82 Å². The number of ether oxygens (including phenoxy) is 1. The molecule has 0 saturated heterocycles. The van der Waals surface area contributed by atoms with Gasteiger partial charge in [-0.25, -0.2) is 9.18 Å². The molecule has 0 bridgehead atoms.